The number of piperidine rings is 1. The van der Waals surface area contributed by atoms with Crippen LogP contribution in [0, 0.1) is 11.7 Å². The number of benzene rings is 3. The molecule has 1 saturated heterocycles. The average Bonchev–Trinajstić information content (AvgIpc) is 2.87. The standard InChI is InChI=1S/C28H27BrClFN2O3/c1-32(17-19-6-3-2-4-7-19)27(34)15-21-18-33(28(35)20-10-11-25(31)24(30)14-20)13-12-26(21)36-23-9-5-8-22(29)16-23/h2-11,14,16,21,26H,12-13,15,17-18H2,1H3/t21-,26-/m0/s1. The topological polar surface area (TPSA) is 49.9 Å². The van der Waals surface area contributed by atoms with E-state index in [0.29, 0.717) is 37.4 Å². The number of carbonyl (C=O) groups is 2. The van der Waals surface area contributed by atoms with Crippen LogP contribution in [-0.4, -0.2) is 47.9 Å². The van der Waals surface area contributed by atoms with Crippen LogP contribution in [0.2, 0.25) is 5.02 Å². The van der Waals surface area contributed by atoms with Crippen molar-refractivity contribution in [1.29, 1.82) is 0 Å². The summed E-state index contributed by atoms with van der Waals surface area (Å²) in [5.41, 5.74) is 1.36. The van der Waals surface area contributed by atoms with Gasteiger partial charge in [0.15, 0.2) is 0 Å². The van der Waals surface area contributed by atoms with Gasteiger partial charge in [-0.15, -0.1) is 0 Å². The van der Waals surface area contributed by atoms with Gasteiger partial charge in [0, 0.05) is 55.5 Å². The summed E-state index contributed by atoms with van der Waals surface area (Å²) in [5, 5.41) is -0.0945. The van der Waals surface area contributed by atoms with Gasteiger partial charge in [-0.05, 0) is 42.0 Å². The minimum atomic E-state index is -0.570. The van der Waals surface area contributed by atoms with E-state index in [4.69, 9.17) is 16.3 Å². The molecule has 0 spiro atoms. The average molecular weight is 574 g/mol. The zero-order valence-electron chi connectivity index (χ0n) is 19.9. The number of ether oxygens (including phenoxy) is 1. The van der Waals surface area contributed by atoms with Crippen molar-refractivity contribution >= 4 is 39.3 Å². The van der Waals surface area contributed by atoms with Crippen LogP contribution in [0.5, 0.6) is 5.75 Å². The van der Waals surface area contributed by atoms with Gasteiger partial charge in [0.1, 0.15) is 17.7 Å². The Balaban J connectivity index is 1.50. The first-order valence-electron chi connectivity index (χ1n) is 11.7. The van der Waals surface area contributed by atoms with Crippen LogP contribution in [-0.2, 0) is 11.3 Å². The maximum atomic E-state index is 13.6. The Kier molecular flexibility index (Phi) is 8.64. The molecule has 0 bridgehead atoms. The normalized spacial score (nSPS) is 17.5. The highest BCUT2D eigenvalue weighted by molar-refractivity contribution is 9.10. The van der Waals surface area contributed by atoms with E-state index in [1.807, 2.05) is 54.6 Å². The predicted octanol–water partition coefficient (Wildman–Crippen LogP) is 6.20. The minimum Gasteiger partial charge on any atom is -0.490 e. The second-order valence-corrected chi connectivity index (χ2v) is 10.3. The fraction of sp³-hybridized carbons (Fsp3) is 0.286. The van der Waals surface area contributed by atoms with Gasteiger partial charge >= 0.3 is 0 Å². The van der Waals surface area contributed by atoms with Crippen molar-refractivity contribution in [1.82, 2.24) is 9.80 Å². The van der Waals surface area contributed by atoms with E-state index in [1.165, 1.54) is 18.2 Å². The molecular weight excluding hydrogens is 547 g/mol. The third kappa shape index (κ3) is 6.65. The Labute approximate surface area is 223 Å². The summed E-state index contributed by atoms with van der Waals surface area (Å²) in [5.74, 6) is -0.351. The number of hydrogen-bond acceptors (Lipinski definition) is 3. The maximum absolute atomic E-state index is 13.6. The molecule has 188 valence electrons. The highest BCUT2D eigenvalue weighted by Gasteiger charge is 2.35. The maximum Gasteiger partial charge on any atom is 0.253 e. The van der Waals surface area contributed by atoms with E-state index < -0.39 is 5.82 Å². The molecule has 3 aromatic rings. The zero-order chi connectivity index (χ0) is 25.7. The lowest BCUT2D eigenvalue weighted by atomic mass is 9.90. The Morgan fingerprint density at radius 2 is 1.89 bits per heavy atom. The van der Waals surface area contributed by atoms with E-state index in [-0.39, 0.29) is 35.3 Å². The van der Waals surface area contributed by atoms with E-state index >= 15 is 0 Å². The largest absolute Gasteiger partial charge is 0.490 e. The molecule has 4 rings (SSSR count). The third-order valence-corrected chi connectivity index (χ3v) is 7.11. The van der Waals surface area contributed by atoms with Crippen molar-refractivity contribution in [3.8, 4) is 5.75 Å². The number of hydrogen-bond donors (Lipinski definition) is 0. The van der Waals surface area contributed by atoms with Gasteiger partial charge in [0.2, 0.25) is 5.91 Å². The second kappa shape index (κ2) is 11.9. The van der Waals surface area contributed by atoms with Crippen LogP contribution in [0.15, 0.2) is 77.3 Å². The SMILES string of the molecule is CN(Cc1ccccc1)C(=O)C[C@H]1CN(C(=O)c2ccc(F)c(Cl)c2)CC[C@@H]1Oc1cccc(Br)c1. The first-order chi connectivity index (χ1) is 17.3. The lowest BCUT2D eigenvalue weighted by Gasteiger charge is -2.39. The highest BCUT2D eigenvalue weighted by Crippen LogP contribution is 2.29. The van der Waals surface area contributed by atoms with Gasteiger partial charge in [-0.1, -0.05) is 63.9 Å². The first kappa shape index (κ1) is 26.2. The lowest BCUT2D eigenvalue weighted by molar-refractivity contribution is -0.132. The Morgan fingerprint density at radius 3 is 2.61 bits per heavy atom. The van der Waals surface area contributed by atoms with Crippen molar-refractivity contribution in [2.45, 2.75) is 25.5 Å². The molecule has 1 heterocycles. The Bertz CT molecular complexity index is 1230. The van der Waals surface area contributed by atoms with Crippen molar-refractivity contribution in [3.05, 3.63) is 99.2 Å². The smallest absolute Gasteiger partial charge is 0.253 e. The van der Waals surface area contributed by atoms with E-state index in [1.54, 1.807) is 16.8 Å². The molecule has 1 fully saturated rings. The summed E-state index contributed by atoms with van der Waals surface area (Å²) in [6.45, 7) is 1.30. The van der Waals surface area contributed by atoms with Gasteiger partial charge < -0.3 is 14.5 Å². The molecule has 3 aromatic carbocycles. The molecule has 0 aliphatic carbocycles. The molecule has 5 nitrogen and oxygen atoms in total. The number of likely N-dealkylation sites (tertiary alicyclic amines) is 1. The van der Waals surface area contributed by atoms with E-state index in [9.17, 15) is 14.0 Å². The molecule has 0 unspecified atom stereocenters. The number of rotatable bonds is 7. The van der Waals surface area contributed by atoms with Gasteiger partial charge in [-0.3, -0.25) is 9.59 Å². The predicted molar refractivity (Wildman–Crippen MR) is 142 cm³/mol. The lowest BCUT2D eigenvalue weighted by Crippen LogP contribution is -2.49. The molecule has 2 amide bonds. The molecule has 8 heteroatoms. The highest BCUT2D eigenvalue weighted by atomic mass is 79.9. The molecule has 36 heavy (non-hydrogen) atoms. The van der Waals surface area contributed by atoms with Crippen LogP contribution in [0.3, 0.4) is 0 Å². The van der Waals surface area contributed by atoms with Crippen LogP contribution in [0.4, 0.5) is 4.39 Å². The number of amides is 2. The van der Waals surface area contributed by atoms with Crippen LogP contribution in [0.25, 0.3) is 0 Å². The molecule has 0 aromatic heterocycles. The van der Waals surface area contributed by atoms with E-state index in [0.717, 1.165) is 10.0 Å². The fourth-order valence-electron chi connectivity index (χ4n) is 4.40. The Hall–Kier alpha value is -2.90. The molecule has 2 atom stereocenters. The molecule has 0 N–H and O–H groups in total. The summed E-state index contributed by atoms with van der Waals surface area (Å²) in [7, 11) is 1.78. The number of halogens is 3. The molecule has 0 saturated carbocycles. The molecule has 1 aliphatic heterocycles. The summed E-state index contributed by atoms with van der Waals surface area (Å²) in [6, 6.07) is 21.3. The van der Waals surface area contributed by atoms with Crippen molar-refractivity contribution in [2.24, 2.45) is 5.92 Å². The van der Waals surface area contributed by atoms with E-state index in [2.05, 4.69) is 15.9 Å². The van der Waals surface area contributed by atoms with Gasteiger partial charge in [-0.25, -0.2) is 4.39 Å². The zero-order valence-corrected chi connectivity index (χ0v) is 22.2. The van der Waals surface area contributed by atoms with Crippen LogP contribution < -0.4 is 4.74 Å². The minimum absolute atomic E-state index is 0.0224. The summed E-state index contributed by atoms with van der Waals surface area (Å²) in [4.78, 5) is 29.8. The Morgan fingerprint density at radius 1 is 1.11 bits per heavy atom. The monoisotopic (exact) mass is 572 g/mol. The number of nitrogens with zero attached hydrogens (tertiary/aromatic N) is 2. The fourth-order valence-corrected chi connectivity index (χ4v) is 4.96. The van der Waals surface area contributed by atoms with Crippen molar-refractivity contribution in [2.75, 3.05) is 20.1 Å². The van der Waals surface area contributed by atoms with Gasteiger partial charge in [0.05, 0.1) is 5.02 Å². The summed E-state index contributed by atoms with van der Waals surface area (Å²) >= 11 is 9.37. The second-order valence-electron chi connectivity index (χ2n) is 8.98. The number of carbonyl (C=O) groups excluding carboxylic acids is 2. The van der Waals surface area contributed by atoms with Crippen molar-refractivity contribution < 1.29 is 18.7 Å². The first-order valence-corrected chi connectivity index (χ1v) is 12.9. The van der Waals surface area contributed by atoms with Crippen LogP contribution in [0.1, 0.15) is 28.8 Å². The molecule has 1 aliphatic rings. The third-order valence-electron chi connectivity index (χ3n) is 6.33. The molecule has 0 radical (unpaired) electrons. The molecular formula is C28H27BrClFN2O3. The van der Waals surface area contributed by atoms with Gasteiger partial charge in [-0.2, -0.15) is 0 Å². The summed E-state index contributed by atoms with van der Waals surface area (Å²) < 4.78 is 20.8. The quantitative estimate of drug-likeness (QED) is 0.338. The van der Waals surface area contributed by atoms with Crippen molar-refractivity contribution in [3.63, 3.8) is 0 Å². The van der Waals surface area contributed by atoms with Gasteiger partial charge in [0.25, 0.3) is 5.91 Å². The van der Waals surface area contributed by atoms with Crippen LogP contribution >= 0.6 is 27.5 Å². The summed E-state index contributed by atoms with van der Waals surface area (Å²) in [6.07, 6.45) is 0.554.